The molecule has 21 heavy (non-hydrogen) atoms. The molecule has 0 spiro atoms. The molecule has 2 aromatic rings. The smallest absolute Gasteiger partial charge is 0.170 e. The van der Waals surface area contributed by atoms with Crippen molar-refractivity contribution in [1.29, 1.82) is 0 Å². The molecule has 0 radical (unpaired) electrons. The molecule has 0 atom stereocenters. The topological polar surface area (TPSA) is 35.5 Å². The molecule has 2 aromatic carbocycles. The number of Topliss-reactive ketones (excluding diaryl/α,β-unsaturated/α-hetero) is 1. The molecule has 110 valence electrons. The summed E-state index contributed by atoms with van der Waals surface area (Å²) in [6.45, 7) is 0.898. The largest absolute Gasteiger partial charge is 0.490 e. The van der Waals surface area contributed by atoms with Crippen LogP contribution in [0, 0.1) is 0 Å². The van der Waals surface area contributed by atoms with Crippen LogP contribution in [0.15, 0.2) is 48.5 Å². The molecule has 0 heterocycles. The van der Waals surface area contributed by atoms with Gasteiger partial charge < -0.3 is 9.47 Å². The Hall–Kier alpha value is -1.84. The summed E-state index contributed by atoms with van der Waals surface area (Å²) in [6, 6.07) is 14.6. The van der Waals surface area contributed by atoms with E-state index in [1.807, 2.05) is 24.3 Å². The summed E-state index contributed by atoms with van der Waals surface area (Å²) >= 11 is 5.94. The molecular formula is C17H17ClO3. The number of benzene rings is 2. The van der Waals surface area contributed by atoms with E-state index in [4.69, 9.17) is 21.1 Å². The zero-order valence-corrected chi connectivity index (χ0v) is 12.6. The minimum Gasteiger partial charge on any atom is -0.490 e. The van der Waals surface area contributed by atoms with Crippen LogP contribution in [0.2, 0.25) is 5.02 Å². The molecule has 0 N–H and O–H groups in total. The van der Waals surface area contributed by atoms with E-state index >= 15 is 0 Å². The highest BCUT2D eigenvalue weighted by Gasteiger charge is 2.13. The van der Waals surface area contributed by atoms with Gasteiger partial charge in [-0.15, -0.1) is 0 Å². The highest BCUT2D eigenvalue weighted by Crippen LogP contribution is 2.21. The number of hydrogen-bond donors (Lipinski definition) is 0. The lowest BCUT2D eigenvalue weighted by molar-refractivity contribution is 0.0985. The molecule has 0 saturated carbocycles. The summed E-state index contributed by atoms with van der Waals surface area (Å²) in [5.74, 6) is 0.590. The Morgan fingerprint density at radius 3 is 2.67 bits per heavy atom. The predicted octanol–water partition coefficient (Wildman–Crippen LogP) is 3.79. The van der Waals surface area contributed by atoms with Crippen molar-refractivity contribution in [3.63, 3.8) is 0 Å². The third kappa shape index (κ3) is 4.59. The molecular weight excluding hydrogens is 288 g/mol. The zero-order chi connectivity index (χ0) is 15.1. The minimum atomic E-state index is 0.00489. The van der Waals surface area contributed by atoms with E-state index in [0.717, 1.165) is 5.56 Å². The van der Waals surface area contributed by atoms with Crippen LogP contribution in [0.3, 0.4) is 0 Å². The molecule has 0 bridgehead atoms. The van der Waals surface area contributed by atoms with Gasteiger partial charge in [0.05, 0.1) is 12.2 Å². The third-order valence-corrected chi connectivity index (χ3v) is 3.22. The van der Waals surface area contributed by atoms with Gasteiger partial charge in [-0.05, 0) is 29.8 Å². The molecule has 0 amide bonds. The first-order valence-corrected chi connectivity index (χ1v) is 7.07. The average molecular weight is 305 g/mol. The van der Waals surface area contributed by atoms with Gasteiger partial charge in [0.15, 0.2) is 5.78 Å². The molecule has 0 aliphatic carbocycles. The zero-order valence-electron chi connectivity index (χ0n) is 11.8. The molecule has 3 nitrogen and oxygen atoms in total. The fourth-order valence-corrected chi connectivity index (χ4v) is 2.20. The number of halogens is 1. The number of ketones is 1. The highest BCUT2D eigenvalue weighted by molar-refractivity contribution is 6.30. The van der Waals surface area contributed by atoms with Gasteiger partial charge in [0.25, 0.3) is 0 Å². The van der Waals surface area contributed by atoms with Gasteiger partial charge in [0.1, 0.15) is 12.4 Å². The first-order chi connectivity index (χ1) is 10.2. The van der Waals surface area contributed by atoms with E-state index in [9.17, 15) is 4.79 Å². The maximum Gasteiger partial charge on any atom is 0.170 e. The predicted molar refractivity (Wildman–Crippen MR) is 83.3 cm³/mol. The van der Waals surface area contributed by atoms with Crippen LogP contribution < -0.4 is 4.74 Å². The normalized spacial score (nSPS) is 10.4. The second-order valence-electron chi connectivity index (χ2n) is 4.57. The van der Waals surface area contributed by atoms with Crippen LogP contribution in [0.1, 0.15) is 15.9 Å². The van der Waals surface area contributed by atoms with Gasteiger partial charge in [0, 0.05) is 18.6 Å². The lowest BCUT2D eigenvalue weighted by atomic mass is 10.0. The summed E-state index contributed by atoms with van der Waals surface area (Å²) in [5.41, 5.74) is 1.47. The molecule has 2 rings (SSSR count). The number of hydrogen-bond acceptors (Lipinski definition) is 3. The number of para-hydroxylation sites is 1. The van der Waals surface area contributed by atoms with Crippen LogP contribution in [-0.4, -0.2) is 26.1 Å². The summed E-state index contributed by atoms with van der Waals surface area (Å²) in [6.07, 6.45) is 0.297. The fourth-order valence-electron chi connectivity index (χ4n) is 1.99. The number of carbonyl (C=O) groups is 1. The molecule has 0 unspecified atom stereocenters. The Balaban J connectivity index is 2.11. The van der Waals surface area contributed by atoms with Crippen molar-refractivity contribution in [3.8, 4) is 5.75 Å². The van der Waals surface area contributed by atoms with Crippen molar-refractivity contribution >= 4 is 17.4 Å². The summed E-state index contributed by atoms with van der Waals surface area (Å²) < 4.78 is 10.5. The number of ether oxygens (including phenoxy) is 2. The highest BCUT2D eigenvalue weighted by atomic mass is 35.5. The quantitative estimate of drug-likeness (QED) is 0.577. The van der Waals surface area contributed by atoms with E-state index in [-0.39, 0.29) is 5.78 Å². The first kappa shape index (κ1) is 15.5. The molecule has 4 heteroatoms. The summed E-state index contributed by atoms with van der Waals surface area (Å²) in [4.78, 5) is 12.4. The van der Waals surface area contributed by atoms with Gasteiger partial charge >= 0.3 is 0 Å². The average Bonchev–Trinajstić information content (AvgIpc) is 2.48. The Morgan fingerprint density at radius 2 is 1.90 bits per heavy atom. The lowest BCUT2D eigenvalue weighted by Gasteiger charge is -2.10. The Kier molecular flexibility index (Phi) is 5.78. The second kappa shape index (κ2) is 7.81. The fraction of sp³-hybridized carbons (Fsp3) is 0.235. The molecule has 0 aromatic heterocycles. The lowest BCUT2D eigenvalue weighted by Crippen LogP contribution is -2.10. The van der Waals surface area contributed by atoms with Gasteiger partial charge in [0.2, 0.25) is 0 Å². The van der Waals surface area contributed by atoms with Crippen LogP contribution in [0.25, 0.3) is 0 Å². The second-order valence-corrected chi connectivity index (χ2v) is 5.00. The van der Waals surface area contributed by atoms with Crippen LogP contribution in [-0.2, 0) is 11.2 Å². The molecule has 0 fully saturated rings. The molecule has 0 saturated heterocycles. The Labute approximate surface area is 129 Å². The number of rotatable bonds is 7. The van der Waals surface area contributed by atoms with Crippen molar-refractivity contribution in [3.05, 3.63) is 64.7 Å². The third-order valence-electron chi connectivity index (χ3n) is 2.99. The van der Waals surface area contributed by atoms with E-state index < -0.39 is 0 Å². The monoisotopic (exact) mass is 304 g/mol. The minimum absolute atomic E-state index is 0.00489. The van der Waals surface area contributed by atoms with Crippen molar-refractivity contribution in [1.82, 2.24) is 0 Å². The van der Waals surface area contributed by atoms with Crippen molar-refractivity contribution in [2.24, 2.45) is 0 Å². The van der Waals surface area contributed by atoms with Crippen LogP contribution in [0.5, 0.6) is 5.75 Å². The van der Waals surface area contributed by atoms with E-state index in [2.05, 4.69) is 0 Å². The van der Waals surface area contributed by atoms with Crippen LogP contribution >= 0.6 is 11.6 Å². The SMILES string of the molecule is COCCOc1ccccc1C(=O)Cc1cccc(Cl)c1. The summed E-state index contributed by atoms with van der Waals surface area (Å²) in [5, 5.41) is 0.630. The van der Waals surface area contributed by atoms with Gasteiger partial charge in [-0.2, -0.15) is 0 Å². The molecule has 0 aliphatic heterocycles. The maximum atomic E-state index is 12.4. The standard InChI is InChI=1S/C17H17ClO3/c1-20-9-10-21-17-8-3-2-7-15(17)16(19)12-13-5-4-6-14(18)11-13/h2-8,11H,9-10,12H2,1H3. The number of carbonyl (C=O) groups excluding carboxylic acids is 1. The van der Waals surface area contributed by atoms with E-state index in [1.165, 1.54) is 0 Å². The van der Waals surface area contributed by atoms with Crippen molar-refractivity contribution in [2.75, 3.05) is 20.3 Å². The van der Waals surface area contributed by atoms with Gasteiger partial charge in [-0.25, -0.2) is 0 Å². The first-order valence-electron chi connectivity index (χ1n) is 6.69. The summed E-state index contributed by atoms with van der Waals surface area (Å²) in [7, 11) is 1.61. The molecule has 0 aliphatic rings. The Morgan fingerprint density at radius 1 is 1.10 bits per heavy atom. The van der Waals surface area contributed by atoms with E-state index in [0.29, 0.717) is 36.0 Å². The Bertz CT molecular complexity index is 610. The van der Waals surface area contributed by atoms with Crippen molar-refractivity contribution < 1.29 is 14.3 Å². The van der Waals surface area contributed by atoms with Crippen molar-refractivity contribution in [2.45, 2.75) is 6.42 Å². The van der Waals surface area contributed by atoms with Gasteiger partial charge in [-0.1, -0.05) is 35.9 Å². The van der Waals surface area contributed by atoms with Gasteiger partial charge in [-0.3, -0.25) is 4.79 Å². The van der Waals surface area contributed by atoms with Crippen LogP contribution in [0.4, 0.5) is 0 Å². The number of methoxy groups -OCH3 is 1. The maximum absolute atomic E-state index is 12.4. The van der Waals surface area contributed by atoms with E-state index in [1.54, 1.807) is 31.4 Å².